The van der Waals surface area contributed by atoms with Gasteiger partial charge in [-0.3, -0.25) is 9.78 Å². The second-order valence-electron chi connectivity index (χ2n) is 7.20. The molecule has 2 aromatic heterocycles. The topological polar surface area (TPSA) is 59.8 Å². The quantitative estimate of drug-likeness (QED) is 0.488. The summed E-state index contributed by atoms with van der Waals surface area (Å²) in [4.78, 5) is 17.3. The summed E-state index contributed by atoms with van der Waals surface area (Å²) in [5.74, 6) is -0.492. The van der Waals surface area contributed by atoms with Gasteiger partial charge in [0.1, 0.15) is 5.82 Å². The summed E-state index contributed by atoms with van der Waals surface area (Å²) in [5, 5.41) is 8.28. The van der Waals surface area contributed by atoms with Crippen LogP contribution in [0.15, 0.2) is 71.6 Å². The van der Waals surface area contributed by atoms with Crippen LogP contribution >= 0.6 is 15.9 Å². The molecule has 2 aromatic carbocycles. The first-order valence-electron chi connectivity index (χ1n) is 9.22. The number of carbonyl (C=O) groups excluding carboxylic acids is 1. The summed E-state index contributed by atoms with van der Waals surface area (Å²) in [6.45, 7) is 0. The van der Waals surface area contributed by atoms with Crippen LogP contribution in [0.4, 0.5) is 4.39 Å². The van der Waals surface area contributed by atoms with Crippen molar-refractivity contribution in [1.29, 1.82) is 0 Å². The second-order valence-corrected chi connectivity index (χ2v) is 8.11. The molecule has 4 aromatic rings. The van der Waals surface area contributed by atoms with Gasteiger partial charge in [0.25, 0.3) is 5.91 Å². The van der Waals surface area contributed by atoms with E-state index >= 15 is 0 Å². The lowest BCUT2D eigenvalue weighted by atomic mass is 10.0. The van der Waals surface area contributed by atoms with Crippen molar-refractivity contribution in [3.05, 3.63) is 88.5 Å². The number of halogens is 2. The highest BCUT2D eigenvalue weighted by Gasteiger charge is 2.45. The summed E-state index contributed by atoms with van der Waals surface area (Å²) in [6, 6.07) is 14.1. The summed E-state index contributed by atoms with van der Waals surface area (Å²) >= 11 is 3.45. The van der Waals surface area contributed by atoms with Gasteiger partial charge < -0.3 is 5.32 Å². The predicted octanol–water partition coefficient (Wildman–Crippen LogP) is 4.74. The minimum atomic E-state index is -0.326. The van der Waals surface area contributed by atoms with Crippen LogP contribution in [0.1, 0.15) is 28.8 Å². The van der Waals surface area contributed by atoms with Gasteiger partial charge in [-0.1, -0.05) is 28.1 Å². The highest BCUT2D eigenvalue weighted by Crippen LogP contribution is 2.46. The summed E-state index contributed by atoms with van der Waals surface area (Å²) < 4.78 is 15.9. The summed E-state index contributed by atoms with van der Waals surface area (Å²) in [7, 11) is 0. The number of nitrogens with zero attached hydrogens (tertiary/aromatic N) is 3. The van der Waals surface area contributed by atoms with Gasteiger partial charge in [-0.2, -0.15) is 5.10 Å². The van der Waals surface area contributed by atoms with Gasteiger partial charge in [-0.15, -0.1) is 0 Å². The molecule has 0 saturated heterocycles. The van der Waals surface area contributed by atoms with Gasteiger partial charge in [0.15, 0.2) is 0 Å². The SMILES string of the molecule is O=C(NC1(c2ccc(Br)cc2)CC1)c1cncc2c1cnn2-c1ccc(F)cc1. The van der Waals surface area contributed by atoms with Gasteiger partial charge in [0.05, 0.1) is 34.7 Å². The van der Waals surface area contributed by atoms with Crippen molar-refractivity contribution < 1.29 is 9.18 Å². The third-order valence-corrected chi connectivity index (χ3v) is 5.84. The fourth-order valence-corrected chi connectivity index (χ4v) is 3.84. The Kier molecular flexibility index (Phi) is 4.20. The normalized spacial score (nSPS) is 14.7. The van der Waals surface area contributed by atoms with E-state index in [-0.39, 0.29) is 17.3 Å². The molecule has 7 heteroatoms. The van der Waals surface area contributed by atoms with Gasteiger partial charge in [-0.05, 0) is 54.8 Å². The maximum atomic E-state index is 13.2. The highest BCUT2D eigenvalue weighted by atomic mass is 79.9. The van der Waals surface area contributed by atoms with E-state index in [1.54, 1.807) is 35.4 Å². The zero-order valence-corrected chi connectivity index (χ0v) is 16.9. The van der Waals surface area contributed by atoms with Crippen molar-refractivity contribution in [2.24, 2.45) is 0 Å². The van der Waals surface area contributed by atoms with Crippen LogP contribution < -0.4 is 5.32 Å². The van der Waals surface area contributed by atoms with Crippen molar-refractivity contribution in [2.45, 2.75) is 18.4 Å². The Labute approximate surface area is 174 Å². The fourth-order valence-electron chi connectivity index (χ4n) is 3.58. The van der Waals surface area contributed by atoms with E-state index in [4.69, 9.17) is 0 Å². The molecular weight excluding hydrogens is 435 g/mol. The molecular formula is C22H16BrFN4O. The monoisotopic (exact) mass is 450 g/mol. The standard InChI is InChI=1S/C22H16BrFN4O/c23-15-3-1-14(2-4-15)22(9-10-22)27-21(29)19-11-25-13-20-18(19)12-26-28(20)17-7-5-16(24)6-8-17/h1-8,11-13H,9-10H2,(H,27,29). The third-order valence-electron chi connectivity index (χ3n) is 5.31. The lowest BCUT2D eigenvalue weighted by Gasteiger charge is -2.18. The Bertz CT molecular complexity index is 1210. The number of amides is 1. The second kappa shape index (κ2) is 6.77. The molecule has 0 aliphatic heterocycles. The summed E-state index contributed by atoms with van der Waals surface area (Å²) in [5.41, 5.74) is 2.63. The first kappa shape index (κ1) is 18.0. The maximum absolute atomic E-state index is 13.2. The van der Waals surface area contributed by atoms with Crippen molar-refractivity contribution in [3.63, 3.8) is 0 Å². The summed E-state index contributed by atoms with van der Waals surface area (Å²) in [6.07, 6.45) is 6.67. The van der Waals surface area contributed by atoms with Crippen molar-refractivity contribution in [3.8, 4) is 5.69 Å². The Morgan fingerprint density at radius 1 is 1.03 bits per heavy atom. The molecule has 1 aliphatic carbocycles. The number of fused-ring (bicyclic) bond motifs is 1. The molecule has 0 atom stereocenters. The predicted molar refractivity (Wildman–Crippen MR) is 111 cm³/mol. The first-order chi connectivity index (χ1) is 14.1. The Morgan fingerprint density at radius 2 is 1.76 bits per heavy atom. The molecule has 0 radical (unpaired) electrons. The lowest BCUT2D eigenvalue weighted by Crippen LogP contribution is -2.35. The molecule has 2 heterocycles. The van der Waals surface area contributed by atoms with E-state index in [0.29, 0.717) is 22.2 Å². The van der Waals surface area contributed by atoms with E-state index < -0.39 is 0 Å². The molecule has 1 aliphatic rings. The van der Waals surface area contributed by atoms with Gasteiger partial charge in [0, 0.05) is 16.1 Å². The number of hydrogen-bond donors (Lipinski definition) is 1. The molecule has 29 heavy (non-hydrogen) atoms. The fraction of sp³-hybridized carbons (Fsp3) is 0.136. The molecule has 1 saturated carbocycles. The minimum Gasteiger partial charge on any atom is -0.342 e. The van der Waals surface area contributed by atoms with Gasteiger partial charge in [-0.25, -0.2) is 9.07 Å². The Hall–Kier alpha value is -3.06. The molecule has 0 unspecified atom stereocenters. The highest BCUT2D eigenvalue weighted by molar-refractivity contribution is 9.10. The number of rotatable bonds is 4. The maximum Gasteiger partial charge on any atom is 0.254 e. The zero-order chi connectivity index (χ0) is 20.0. The number of hydrogen-bond acceptors (Lipinski definition) is 3. The van der Waals surface area contributed by atoms with Crippen LogP contribution in [-0.2, 0) is 5.54 Å². The molecule has 5 nitrogen and oxygen atoms in total. The molecule has 1 N–H and O–H groups in total. The van der Waals surface area contributed by atoms with E-state index in [1.807, 2.05) is 24.3 Å². The molecule has 1 fully saturated rings. The number of benzene rings is 2. The molecule has 1 amide bonds. The van der Waals surface area contributed by atoms with Crippen LogP contribution in [-0.4, -0.2) is 20.7 Å². The van der Waals surface area contributed by atoms with Crippen molar-refractivity contribution >= 4 is 32.7 Å². The minimum absolute atomic E-state index is 0.179. The number of pyridine rings is 1. The van der Waals surface area contributed by atoms with E-state index in [0.717, 1.165) is 22.9 Å². The van der Waals surface area contributed by atoms with Crippen molar-refractivity contribution in [2.75, 3.05) is 0 Å². The Morgan fingerprint density at radius 3 is 2.45 bits per heavy atom. The van der Waals surface area contributed by atoms with Crippen molar-refractivity contribution in [1.82, 2.24) is 20.1 Å². The number of nitrogens with one attached hydrogen (secondary N) is 1. The molecule has 5 rings (SSSR count). The molecule has 0 spiro atoms. The van der Waals surface area contributed by atoms with Crippen LogP contribution in [0, 0.1) is 5.82 Å². The van der Waals surface area contributed by atoms with E-state index in [2.05, 4.69) is 31.3 Å². The number of carbonyl (C=O) groups is 1. The van der Waals surface area contributed by atoms with Crippen LogP contribution in [0.2, 0.25) is 0 Å². The van der Waals surface area contributed by atoms with E-state index in [1.165, 1.54) is 12.1 Å². The molecule has 144 valence electrons. The zero-order valence-electron chi connectivity index (χ0n) is 15.3. The molecule has 0 bridgehead atoms. The largest absolute Gasteiger partial charge is 0.342 e. The smallest absolute Gasteiger partial charge is 0.254 e. The van der Waals surface area contributed by atoms with E-state index in [9.17, 15) is 9.18 Å². The number of aromatic nitrogens is 3. The average molecular weight is 451 g/mol. The van der Waals surface area contributed by atoms with Crippen LogP contribution in [0.5, 0.6) is 0 Å². The van der Waals surface area contributed by atoms with Crippen LogP contribution in [0.3, 0.4) is 0 Å². The van der Waals surface area contributed by atoms with Gasteiger partial charge in [0.2, 0.25) is 0 Å². The Balaban J connectivity index is 1.48. The first-order valence-corrected chi connectivity index (χ1v) is 10.0. The van der Waals surface area contributed by atoms with Crippen LogP contribution in [0.25, 0.3) is 16.6 Å². The lowest BCUT2D eigenvalue weighted by molar-refractivity contribution is 0.0932. The van der Waals surface area contributed by atoms with Gasteiger partial charge >= 0.3 is 0 Å². The average Bonchev–Trinajstić information content (AvgIpc) is 3.38. The third kappa shape index (κ3) is 3.21.